The number of benzene rings is 2. The summed E-state index contributed by atoms with van der Waals surface area (Å²) >= 11 is 0. The Morgan fingerprint density at radius 3 is 1.96 bits per heavy atom. The maximum atomic E-state index is 12.3. The number of Topliss-reactive ketones (excluding diaryl/α,β-unsaturated/α-hetero) is 1. The van der Waals surface area contributed by atoms with Gasteiger partial charge in [0.05, 0.1) is 17.7 Å². The fourth-order valence-corrected chi connectivity index (χ4v) is 2.50. The van der Waals surface area contributed by atoms with Crippen LogP contribution in [0.2, 0.25) is 0 Å². The second-order valence-electron chi connectivity index (χ2n) is 5.23. The molecule has 1 heterocycles. The number of ketones is 1. The normalized spacial score (nSPS) is 12.9. The molecule has 24 heavy (non-hydrogen) atoms. The Hall–Kier alpha value is -3.48. The highest BCUT2D eigenvalue weighted by Crippen LogP contribution is 2.22. The number of imide groups is 1. The van der Waals surface area contributed by atoms with E-state index in [-0.39, 0.29) is 12.3 Å². The van der Waals surface area contributed by atoms with Crippen molar-refractivity contribution in [3.63, 3.8) is 0 Å². The molecule has 1 aliphatic rings. The van der Waals surface area contributed by atoms with Crippen molar-refractivity contribution in [1.29, 1.82) is 0 Å². The highest BCUT2D eigenvalue weighted by atomic mass is 16.2. The summed E-state index contributed by atoms with van der Waals surface area (Å²) in [6.07, 6.45) is 0. The molecule has 0 fully saturated rings. The fraction of sp³-hybridized carbons (Fsp3) is 0.0588. The number of hydrogen-bond donors (Lipinski definition) is 2. The van der Waals surface area contributed by atoms with Gasteiger partial charge in [-0.05, 0) is 36.4 Å². The highest BCUT2D eigenvalue weighted by Gasteiger charge is 2.36. The predicted octanol–water partition coefficient (Wildman–Crippen LogP) is 1.66. The number of nitrogens with zero attached hydrogens (tertiary/aromatic N) is 1. The number of fused-ring (bicyclic) bond motifs is 1. The smallest absolute Gasteiger partial charge is 0.316 e. The lowest BCUT2D eigenvalue weighted by molar-refractivity contribution is 0.0624. The van der Waals surface area contributed by atoms with Crippen molar-refractivity contribution in [2.45, 2.75) is 0 Å². The summed E-state index contributed by atoms with van der Waals surface area (Å²) in [4.78, 5) is 48.5. The SMILES string of the molecule is NC(=O)Nc1ccc(C(=O)CN2C(=O)c3ccccc3C2=O)cc1. The highest BCUT2D eigenvalue weighted by molar-refractivity contribution is 6.23. The zero-order chi connectivity index (χ0) is 17.3. The first-order valence-electron chi connectivity index (χ1n) is 7.12. The monoisotopic (exact) mass is 323 g/mol. The molecule has 4 amide bonds. The van der Waals surface area contributed by atoms with Gasteiger partial charge in [-0.15, -0.1) is 0 Å². The second kappa shape index (κ2) is 5.96. The summed E-state index contributed by atoms with van der Waals surface area (Å²) in [6.45, 7) is -0.338. The van der Waals surface area contributed by atoms with E-state index in [1.807, 2.05) is 0 Å². The van der Waals surface area contributed by atoms with Crippen LogP contribution in [-0.4, -0.2) is 35.1 Å². The van der Waals surface area contributed by atoms with E-state index in [4.69, 9.17) is 5.73 Å². The number of rotatable bonds is 4. The maximum Gasteiger partial charge on any atom is 0.316 e. The van der Waals surface area contributed by atoms with E-state index in [2.05, 4.69) is 5.32 Å². The average Bonchev–Trinajstić information content (AvgIpc) is 2.80. The van der Waals surface area contributed by atoms with E-state index in [0.29, 0.717) is 22.4 Å². The minimum atomic E-state index is -0.708. The van der Waals surface area contributed by atoms with Gasteiger partial charge in [0.15, 0.2) is 5.78 Å². The van der Waals surface area contributed by atoms with Crippen LogP contribution in [0.25, 0.3) is 0 Å². The van der Waals surface area contributed by atoms with Gasteiger partial charge in [0, 0.05) is 11.3 Å². The maximum absolute atomic E-state index is 12.3. The van der Waals surface area contributed by atoms with Gasteiger partial charge in [0.2, 0.25) is 0 Å². The van der Waals surface area contributed by atoms with E-state index in [1.165, 1.54) is 24.3 Å². The van der Waals surface area contributed by atoms with E-state index < -0.39 is 17.8 Å². The number of amides is 4. The van der Waals surface area contributed by atoms with Gasteiger partial charge < -0.3 is 11.1 Å². The first kappa shape index (κ1) is 15.4. The summed E-state index contributed by atoms with van der Waals surface area (Å²) < 4.78 is 0. The molecule has 2 aromatic carbocycles. The summed E-state index contributed by atoms with van der Waals surface area (Å²) in [6, 6.07) is 11.8. The number of nitrogens with two attached hydrogens (primary N) is 1. The number of hydrogen-bond acceptors (Lipinski definition) is 4. The molecule has 3 rings (SSSR count). The minimum Gasteiger partial charge on any atom is -0.351 e. The van der Waals surface area contributed by atoms with Crippen LogP contribution in [0.15, 0.2) is 48.5 Å². The zero-order valence-corrected chi connectivity index (χ0v) is 12.5. The molecular formula is C17H13N3O4. The lowest BCUT2D eigenvalue weighted by Crippen LogP contribution is -2.34. The van der Waals surface area contributed by atoms with E-state index in [0.717, 1.165) is 4.90 Å². The molecule has 2 aromatic rings. The Kier molecular flexibility index (Phi) is 3.83. The topological polar surface area (TPSA) is 110 Å². The van der Waals surface area contributed by atoms with Crippen LogP contribution >= 0.6 is 0 Å². The van der Waals surface area contributed by atoms with Crippen molar-refractivity contribution in [2.75, 3.05) is 11.9 Å². The Bertz CT molecular complexity index is 823. The predicted molar refractivity (Wildman–Crippen MR) is 85.8 cm³/mol. The van der Waals surface area contributed by atoms with Crippen molar-refractivity contribution >= 4 is 29.3 Å². The molecule has 0 aromatic heterocycles. The quantitative estimate of drug-likeness (QED) is 0.658. The van der Waals surface area contributed by atoms with Crippen LogP contribution < -0.4 is 11.1 Å². The number of primary amides is 1. The first-order chi connectivity index (χ1) is 11.5. The van der Waals surface area contributed by atoms with Crippen LogP contribution in [-0.2, 0) is 0 Å². The molecule has 0 radical (unpaired) electrons. The number of urea groups is 1. The number of anilines is 1. The Morgan fingerprint density at radius 2 is 1.46 bits per heavy atom. The lowest BCUT2D eigenvalue weighted by atomic mass is 10.1. The minimum absolute atomic E-state index is 0.302. The van der Waals surface area contributed by atoms with Gasteiger partial charge in [0.1, 0.15) is 0 Å². The van der Waals surface area contributed by atoms with Gasteiger partial charge in [-0.25, -0.2) is 4.79 Å². The molecule has 0 saturated heterocycles. The third-order valence-corrected chi connectivity index (χ3v) is 3.65. The molecule has 7 heteroatoms. The standard InChI is InChI=1S/C17H13N3O4/c18-17(24)19-11-7-5-10(6-8-11)14(21)9-20-15(22)12-3-1-2-4-13(12)16(20)23/h1-8H,9H2,(H3,18,19,24). The van der Waals surface area contributed by atoms with Crippen LogP contribution in [0.4, 0.5) is 10.5 Å². The van der Waals surface area contributed by atoms with Crippen LogP contribution in [0, 0.1) is 0 Å². The van der Waals surface area contributed by atoms with Crippen molar-refractivity contribution in [3.8, 4) is 0 Å². The van der Waals surface area contributed by atoms with E-state index in [9.17, 15) is 19.2 Å². The third kappa shape index (κ3) is 2.74. The van der Waals surface area contributed by atoms with Gasteiger partial charge >= 0.3 is 6.03 Å². The summed E-state index contributed by atoms with van der Waals surface area (Å²) in [5.41, 5.74) is 6.37. The van der Waals surface area contributed by atoms with Crippen LogP contribution in [0.5, 0.6) is 0 Å². The summed E-state index contributed by atoms with van der Waals surface area (Å²) in [5, 5.41) is 2.38. The molecular weight excluding hydrogens is 310 g/mol. The molecule has 0 unspecified atom stereocenters. The Balaban J connectivity index is 1.75. The molecule has 0 atom stereocenters. The van der Waals surface area contributed by atoms with Crippen molar-refractivity contribution in [1.82, 2.24) is 4.90 Å². The van der Waals surface area contributed by atoms with Gasteiger partial charge in [0.25, 0.3) is 11.8 Å². The second-order valence-corrected chi connectivity index (χ2v) is 5.23. The zero-order valence-electron chi connectivity index (χ0n) is 12.5. The molecule has 3 N–H and O–H groups in total. The molecule has 0 saturated carbocycles. The molecule has 0 aliphatic carbocycles. The fourth-order valence-electron chi connectivity index (χ4n) is 2.50. The van der Waals surface area contributed by atoms with Gasteiger partial charge in [-0.3, -0.25) is 19.3 Å². The van der Waals surface area contributed by atoms with Crippen LogP contribution in [0.1, 0.15) is 31.1 Å². The molecule has 0 bridgehead atoms. The number of carbonyl (C=O) groups excluding carboxylic acids is 4. The molecule has 120 valence electrons. The van der Waals surface area contributed by atoms with Gasteiger partial charge in [-0.1, -0.05) is 12.1 Å². The summed E-state index contributed by atoms with van der Waals surface area (Å²) in [5.74, 6) is -1.33. The largest absolute Gasteiger partial charge is 0.351 e. The lowest BCUT2D eigenvalue weighted by Gasteiger charge is -2.13. The summed E-state index contributed by atoms with van der Waals surface area (Å²) in [7, 11) is 0. The van der Waals surface area contributed by atoms with E-state index >= 15 is 0 Å². The van der Waals surface area contributed by atoms with Gasteiger partial charge in [-0.2, -0.15) is 0 Å². The van der Waals surface area contributed by atoms with E-state index in [1.54, 1.807) is 24.3 Å². The van der Waals surface area contributed by atoms with Crippen molar-refractivity contribution in [2.24, 2.45) is 5.73 Å². The van der Waals surface area contributed by atoms with Crippen LogP contribution in [0.3, 0.4) is 0 Å². The Morgan fingerprint density at radius 1 is 0.917 bits per heavy atom. The third-order valence-electron chi connectivity index (χ3n) is 3.65. The molecule has 1 aliphatic heterocycles. The van der Waals surface area contributed by atoms with Crippen molar-refractivity contribution < 1.29 is 19.2 Å². The molecule has 0 spiro atoms. The number of carbonyl (C=O) groups is 4. The first-order valence-corrected chi connectivity index (χ1v) is 7.12. The van der Waals surface area contributed by atoms with Crippen molar-refractivity contribution in [3.05, 3.63) is 65.2 Å². The number of nitrogens with one attached hydrogen (secondary N) is 1. The Labute approximate surface area is 137 Å². The molecule has 7 nitrogen and oxygen atoms in total. The average molecular weight is 323 g/mol.